The molecule has 1 unspecified atom stereocenters. The number of anilines is 1. The molecular formula is C14H23N3O3. The van der Waals surface area contributed by atoms with Crippen LogP contribution < -0.4 is 10.1 Å². The maximum absolute atomic E-state index is 10.5. The molecule has 0 radical (unpaired) electrons. The lowest BCUT2D eigenvalue weighted by molar-refractivity contribution is -0.137. The topological polar surface area (TPSA) is 84.3 Å². The fourth-order valence-corrected chi connectivity index (χ4v) is 1.66. The first-order valence-corrected chi connectivity index (χ1v) is 7.03. The second-order valence-electron chi connectivity index (χ2n) is 4.82. The van der Waals surface area contributed by atoms with E-state index in [-0.39, 0.29) is 6.42 Å². The average molecular weight is 281 g/mol. The van der Waals surface area contributed by atoms with Crippen LogP contribution in [0.4, 0.5) is 5.95 Å². The number of hydrogen-bond acceptors (Lipinski definition) is 5. The Bertz CT molecular complexity index is 412. The van der Waals surface area contributed by atoms with E-state index in [4.69, 9.17) is 9.84 Å². The summed E-state index contributed by atoms with van der Waals surface area (Å²) in [7, 11) is 0. The Morgan fingerprint density at radius 3 is 3.00 bits per heavy atom. The van der Waals surface area contributed by atoms with Gasteiger partial charge in [0.15, 0.2) is 0 Å². The lowest BCUT2D eigenvalue weighted by atomic mass is 10.0. The largest absolute Gasteiger partial charge is 0.481 e. The van der Waals surface area contributed by atoms with Crippen molar-refractivity contribution in [2.75, 3.05) is 18.5 Å². The molecule has 0 aromatic carbocycles. The van der Waals surface area contributed by atoms with Gasteiger partial charge >= 0.3 is 5.97 Å². The quantitative estimate of drug-likeness (QED) is 0.685. The van der Waals surface area contributed by atoms with E-state index in [1.165, 1.54) is 0 Å². The van der Waals surface area contributed by atoms with E-state index in [0.717, 1.165) is 19.4 Å². The number of hydrogen-bond donors (Lipinski definition) is 2. The number of rotatable bonds is 10. The Labute approximate surface area is 119 Å². The average Bonchev–Trinajstić information content (AvgIpc) is 2.43. The van der Waals surface area contributed by atoms with Gasteiger partial charge in [-0.1, -0.05) is 13.8 Å². The van der Waals surface area contributed by atoms with Crippen molar-refractivity contribution in [3.05, 3.63) is 12.3 Å². The summed E-state index contributed by atoms with van der Waals surface area (Å²) in [5.74, 6) is 0.736. The molecule has 0 aliphatic rings. The van der Waals surface area contributed by atoms with Crippen molar-refractivity contribution in [2.24, 2.45) is 5.92 Å². The van der Waals surface area contributed by atoms with E-state index < -0.39 is 5.97 Å². The SMILES string of the molecule is CCCOc1ccnc(NCCC(C)CCC(=O)O)n1. The van der Waals surface area contributed by atoms with E-state index in [0.29, 0.717) is 30.8 Å². The van der Waals surface area contributed by atoms with Gasteiger partial charge in [0.05, 0.1) is 6.61 Å². The number of nitrogens with one attached hydrogen (secondary N) is 1. The highest BCUT2D eigenvalue weighted by molar-refractivity contribution is 5.66. The molecule has 1 heterocycles. The van der Waals surface area contributed by atoms with Gasteiger partial charge < -0.3 is 15.2 Å². The van der Waals surface area contributed by atoms with Gasteiger partial charge in [-0.2, -0.15) is 4.98 Å². The van der Waals surface area contributed by atoms with Crippen molar-refractivity contribution in [1.82, 2.24) is 9.97 Å². The Balaban J connectivity index is 2.28. The van der Waals surface area contributed by atoms with Gasteiger partial charge in [0.2, 0.25) is 11.8 Å². The lowest BCUT2D eigenvalue weighted by Crippen LogP contribution is -2.10. The number of ether oxygens (including phenoxy) is 1. The second-order valence-corrected chi connectivity index (χ2v) is 4.82. The van der Waals surface area contributed by atoms with E-state index in [1.807, 2.05) is 13.8 Å². The van der Waals surface area contributed by atoms with E-state index in [2.05, 4.69) is 15.3 Å². The van der Waals surface area contributed by atoms with Crippen LogP contribution in [-0.4, -0.2) is 34.2 Å². The van der Waals surface area contributed by atoms with Crippen molar-refractivity contribution < 1.29 is 14.6 Å². The molecule has 2 N–H and O–H groups in total. The highest BCUT2D eigenvalue weighted by Crippen LogP contribution is 2.12. The van der Waals surface area contributed by atoms with E-state index >= 15 is 0 Å². The van der Waals surface area contributed by atoms with Gasteiger partial charge in [-0.3, -0.25) is 4.79 Å². The van der Waals surface area contributed by atoms with E-state index in [9.17, 15) is 4.79 Å². The fraction of sp³-hybridized carbons (Fsp3) is 0.643. The molecule has 0 amide bonds. The molecule has 1 rings (SSSR count). The molecular weight excluding hydrogens is 258 g/mol. The Hall–Kier alpha value is -1.85. The summed E-state index contributed by atoms with van der Waals surface area (Å²) in [4.78, 5) is 18.8. The number of carbonyl (C=O) groups is 1. The van der Waals surface area contributed by atoms with Crippen LogP contribution in [0.25, 0.3) is 0 Å². The second kappa shape index (κ2) is 9.12. The zero-order chi connectivity index (χ0) is 14.8. The van der Waals surface area contributed by atoms with Gasteiger partial charge in [0.25, 0.3) is 0 Å². The van der Waals surface area contributed by atoms with Crippen molar-refractivity contribution in [2.45, 2.75) is 39.5 Å². The monoisotopic (exact) mass is 281 g/mol. The number of nitrogens with zero attached hydrogens (tertiary/aromatic N) is 2. The van der Waals surface area contributed by atoms with Crippen molar-refractivity contribution >= 4 is 11.9 Å². The van der Waals surface area contributed by atoms with Gasteiger partial charge in [0, 0.05) is 25.2 Å². The molecule has 0 spiro atoms. The summed E-state index contributed by atoms with van der Waals surface area (Å²) in [6.07, 6.45) is 4.40. The van der Waals surface area contributed by atoms with Crippen LogP contribution in [0.15, 0.2) is 12.3 Å². The summed E-state index contributed by atoms with van der Waals surface area (Å²) < 4.78 is 5.43. The number of aliphatic carboxylic acids is 1. The van der Waals surface area contributed by atoms with Gasteiger partial charge in [-0.25, -0.2) is 4.98 Å². The summed E-state index contributed by atoms with van der Waals surface area (Å²) in [5.41, 5.74) is 0. The maximum Gasteiger partial charge on any atom is 0.303 e. The molecule has 0 bridgehead atoms. The van der Waals surface area contributed by atoms with Crippen molar-refractivity contribution in [3.8, 4) is 5.88 Å². The van der Waals surface area contributed by atoms with Crippen LogP contribution in [0.3, 0.4) is 0 Å². The third-order valence-electron chi connectivity index (χ3n) is 2.86. The van der Waals surface area contributed by atoms with Crippen LogP contribution in [0.1, 0.15) is 39.5 Å². The molecule has 1 aromatic rings. The molecule has 6 heteroatoms. The normalized spacial score (nSPS) is 11.9. The highest BCUT2D eigenvalue weighted by atomic mass is 16.5. The van der Waals surface area contributed by atoms with Crippen molar-refractivity contribution in [3.63, 3.8) is 0 Å². The Morgan fingerprint density at radius 2 is 2.30 bits per heavy atom. The molecule has 0 aliphatic heterocycles. The number of carboxylic acid groups (broad SMARTS) is 1. The first-order valence-electron chi connectivity index (χ1n) is 7.03. The molecule has 20 heavy (non-hydrogen) atoms. The minimum Gasteiger partial charge on any atom is -0.481 e. The van der Waals surface area contributed by atoms with Gasteiger partial charge in [0.1, 0.15) is 0 Å². The number of carboxylic acids is 1. The molecule has 1 aromatic heterocycles. The van der Waals surface area contributed by atoms with E-state index in [1.54, 1.807) is 12.3 Å². The number of aromatic nitrogens is 2. The predicted molar refractivity (Wildman–Crippen MR) is 77.0 cm³/mol. The smallest absolute Gasteiger partial charge is 0.303 e. The standard InChI is InChI=1S/C14H23N3O3/c1-3-10-20-12-7-9-16-14(17-12)15-8-6-11(2)4-5-13(18)19/h7,9,11H,3-6,8,10H2,1-2H3,(H,18,19)(H,15,16,17). The molecule has 1 atom stereocenters. The minimum atomic E-state index is -0.742. The third kappa shape index (κ3) is 6.92. The summed E-state index contributed by atoms with van der Waals surface area (Å²) >= 11 is 0. The molecule has 0 saturated carbocycles. The minimum absolute atomic E-state index is 0.220. The Kier molecular flexibility index (Phi) is 7.39. The molecule has 0 saturated heterocycles. The zero-order valence-electron chi connectivity index (χ0n) is 12.1. The first kappa shape index (κ1) is 16.2. The van der Waals surface area contributed by atoms with Gasteiger partial charge in [-0.05, 0) is 25.2 Å². The zero-order valence-corrected chi connectivity index (χ0v) is 12.1. The molecule has 0 fully saturated rings. The van der Waals surface area contributed by atoms with Crippen LogP contribution in [-0.2, 0) is 4.79 Å². The fourth-order valence-electron chi connectivity index (χ4n) is 1.66. The highest BCUT2D eigenvalue weighted by Gasteiger charge is 2.06. The first-order chi connectivity index (χ1) is 9.61. The summed E-state index contributed by atoms with van der Waals surface area (Å²) in [5, 5.41) is 11.7. The molecule has 112 valence electrons. The van der Waals surface area contributed by atoms with Crippen LogP contribution in [0.2, 0.25) is 0 Å². The lowest BCUT2D eigenvalue weighted by Gasteiger charge is -2.11. The third-order valence-corrected chi connectivity index (χ3v) is 2.86. The van der Waals surface area contributed by atoms with Crippen LogP contribution >= 0.6 is 0 Å². The molecule has 6 nitrogen and oxygen atoms in total. The van der Waals surface area contributed by atoms with Crippen LogP contribution in [0.5, 0.6) is 5.88 Å². The summed E-state index contributed by atoms with van der Waals surface area (Å²) in [6.45, 7) is 5.45. The summed E-state index contributed by atoms with van der Waals surface area (Å²) in [6, 6.07) is 1.73. The van der Waals surface area contributed by atoms with Crippen LogP contribution in [0, 0.1) is 5.92 Å². The maximum atomic E-state index is 10.5. The van der Waals surface area contributed by atoms with Gasteiger partial charge in [-0.15, -0.1) is 0 Å². The Morgan fingerprint density at radius 1 is 1.50 bits per heavy atom. The predicted octanol–water partition coefficient (Wildman–Crippen LogP) is 2.57. The molecule has 0 aliphatic carbocycles. The van der Waals surface area contributed by atoms with Crippen molar-refractivity contribution in [1.29, 1.82) is 0 Å².